The van der Waals surface area contributed by atoms with E-state index in [4.69, 9.17) is 0 Å². The van der Waals surface area contributed by atoms with Crippen LogP contribution in [0.5, 0.6) is 0 Å². The minimum atomic E-state index is 0.266. The van der Waals surface area contributed by atoms with Crippen LogP contribution in [0, 0.1) is 5.41 Å². The lowest BCUT2D eigenvalue weighted by Crippen LogP contribution is -2.33. The van der Waals surface area contributed by atoms with Crippen molar-refractivity contribution in [2.24, 2.45) is 5.41 Å². The number of aromatic nitrogens is 2. The van der Waals surface area contributed by atoms with Crippen molar-refractivity contribution in [1.82, 2.24) is 15.1 Å². The van der Waals surface area contributed by atoms with Crippen LogP contribution >= 0.6 is 0 Å². The van der Waals surface area contributed by atoms with Gasteiger partial charge in [-0.15, -0.1) is 0 Å². The lowest BCUT2D eigenvalue weighted by molar-refractivity contribution is 0.278. The highest BCUT2D eigenvalue weighted by Crippen LogP contribution is 2.15. The summed E-state index contributed by atoms with van der Waals surface area (Å²) >= 11 is 0. The van der Waals surface area contributed by atoms with E-state index in [1.54, 1.807) is 0 Å². The van der Waals surface area contributed by atoms with Gasteiger partial charge < -0.3 is 5.32 Å². The molecule has 13 heavy (non-hydrogen) atoms. The first kappa shape index (κ1) is 10.3. The molecule has 1 aromatic rings. The van der Waals surface area contributed by atoms with Crippen LogP contribution in [0.1, 0.15) is 20.8 Å². The Morgan fingerprint density at radius 3 is 2.77 bits per heavy atom. The number of nitrogens with one attached hydrogen (secondary N) is 1. The molecule has 0 fully saturated rings. The van der Waals surface area contributed by atoms with Gasteiger partial charge >= 0.3 is 0 Å². The molecule has 0 radical (unpaired) electrons. The molecule has 0 aliphatic rings. The Kier molecular flexibility index (Phi) is 3.48. The van der Waals surface area contributed by atoms with Gasteiger partial charge in [0, 0.05) is 25.5 Å². The van der Waals surface area contributed by atoms with E-state index in [2.05, 4.69) is 31.2 Å². The molecule has 3 nitrogen and oxygen atoms in total. The monoisotopic (exact) mass is 181 g/mol. The van der Waals surface area contributed by atoms with Crippen LogP contribution in [-0.2, 0) is 6.54 Å². The minimum Gasteiger partial charge on any atom is -0.316 e. The van der Waals surface area contributed by atoms with Crippen LogP contribution in [-0.4, -0.2) is 22.9 Å². The maximum absolute atomic E-state index is 4.20. The van der Waals surface area contributed by atoms with Crippen LogP contribution < -0.4 is 5.32 Å². The summed E-state index contributed by atoms with van der Waals surface area (Å²) in [6, 6.07) is 1.96. The summed E-state index contributed by atoms with van der Waals surface area (Å²) in [4.78, 5) is 0. The lowest BCUT2D eigenvalue weighted by Gasteiger charge is -2.24. The molecular weight excluding hydrogens is 162 g/mol. The van der Waals surface area contributed by atoms with Gasteiger partial charge in [-0.25, -0.2) is 0 Å². The van der Waals surface area contributed by atoms with Crippen molar-refractivity contribution in [3.8, 4) is 0 Å². The second-order valence-corrected chi connectivity index (χ2v) is 4.15. The van der Waals surface area contributed by atoms with Crippen molar-refractivity contribution in [2.75, 3.05) is 13.1 Å². The molecule has 0 aliphatic heterocycles. The number of hydrogen-bond acceptors (Lipinski definition) is 2. The Labute approximate surface area is 80.1 Å². The van der Waals surface area contributed by atoms with Gasteiger partial charge in [-0.05, 0) is 18.0 Å². The molecule has 0 saturated carbocycles. The molecule has 0 bridgehead atoms. The van der Waals surface area contributed by atoms with Crippen molar-refractivity contribution in [1.29, 1.82) is 0 Å². The molecular formula is C10H19N3. The molecule has 3 heteroatoms. The van der Waals surface area contributed by atoms with E-state index < -0.39 is 0 Å². The summed E-state index contributed by atoms with van der Waals surface area (Å²) in [6.45, 7) is 9.65. The first-order valence-electron chi connectivity index (χ1n) is 4.82. The van der Waals surface area contributed by atoms with Gasteiger partial charge in [0.2, 0.25) is 0 Å². The zero-order chi connectivity index (χ0) is 9.73. The SMILES string of the molecule is CCNCC(C)(C)Cn1cccn1. The van der Waals surface area contributed by atoms with E-state index in [0.717, 1.165) is 19.6 Å². The molecule has 0 aromatic carbocycles. The highest BCUT2D eigenvalue weighted by molar-refractivity contribution is 4.81. The standard InChI is InChI=1S/C10H19N3/c1-4-11-8-10(2,3)9-13-7-5-6-12-13/h5-7,11H,4,8-9H2,1-3H3. The molecule has 1 N–H and O–H groups in total. The molecule has 1 aromatic heterocycles. The zero-order valence-electron chi connectivity index (χ0n) is 8.75. The van der Waals surface area contributed by atoms with Gasteiger partial charge in [0.05, 0.1) is 0 Å². The van der Waals surface area contributed by atoms with E-state index >= 15 is 0 Å². The third kappa shape index (κ3) is 3.59. The maximum Gasteiger partial charge on any atom is 0.0489 e. The van der Waals surface area contributed by atoms with Crippen LogP contribution in [0.15, 0.2) is 18.5 Å². The van der Waals surface area contributed by atoms with Gasteiger partial charge in [-0.3, -0.25) is 4.68 Å². The second-order valence-electron chi connectivity index (χ2n) is 4.15. The third-order valence-electron chi connectivity index (χ3n) is 2.00. The average Bonchev–Trinajstić information content (AvgIpc) is 2.52. The fourth-order valence-electron chi connectivity index (χ4n) is 1.35. The summed E-state index contributed by atoms with van der Waals surface area (Å²) in [6.07, 6.45) is 3.83. The molecule has 0 aliphatic carbocycles. The molecule has 0 spiro atoms. The summed E-state index contributed by atoms with van der Waals surface area (Å²) in [5.41, 5.74) is 0.266. The van der Waals surface area contributed by atoms with Gasteiger partial charge in [0.25, 0.3) is 0 Å². The zero-order valence-corrected chi connectivity index (χ0v) is 8.75. The van der Waals surface area contributed by atoms with Crippen LogP contribution in [0.2, 0.25) is 0 Å². The molecule has 1 rings (SSSR count). The van der Waals surface area contributed by atoms with Crippen molar-refractivity contribution in [2.45, 2.75) is 27.3 Å². The van der Waals surface area contributed by atoms with Crippen LogP contribution in [0.3, 0.4) is 0 Å². The number of rotatable bonds is 5. The molecule has 0 amide bonds. The minimum absolute atomic E-state index is 0.266. The van der Waals surface area contributed by atoms with Crippen molar-refractivity contribution >= 4 is 0 Å². The van der Waals surface area contributed by atoms with Gasteiger partial charge in [-0.2, -0.15) is 5.10 Å². The van der Waals surface area contributed by atoms with Crippen molar-refractivity contribution < 1.29 is 0 Å². The first-order chi connectivity index (χ1) is 6.14. The van der Waals surface area contributed by atoms with Gasteiger partial charge in [-0.1, -0.05) is 20.8 Å². The third-order valence-corrected chi connectivity index (χ3v) is 2.00. The highest BCUT2D eigenvalue weighted by atomic mass is 15.3. The Morgan fingerprint density at radius 2 is 2.23 bits per heavy atom. The van der Waals surface area contributed by atoms with E-state index in [-0.39, 0.29) is 5.41 Å². The fraction of sp³-hybridized carbons (Fsp3) is 0.700. The molecule has 74 valence electrons. The summed E-state index contributed by atoms with van der Waals surface area (Å²) in [5, 5.41) is 7.56. The van der Waals surface area contributed by atoms with E-state index in [1.807, 2.05) is 23.1 Å². The van der Waals surface area contributed by atoms with Gasteiger partial charge in [0.15, 0.2) is 0 Å². The Morgan fingerprint density at radius 1 is 1.46 bits per heavy atom. The summed E-state index contributed by atoms with van der Waals surface area (Å²) in [5.74, 6) is 0. The quantitative estimate of drug-likeness (QED) is 0.746. The highest BCUT2D eigenvalue weighted by Gasteiger charge is 2.17. The maximum atomic E-state index is 4.20. The lowest BCUT2D eigenvalue weighted by atomic mass is 9.93. The van der Waals surface area contributed by atoms with Crippen LogP contribution in [0.4, 0.5) is 0 Å². The Hall–Kier alpha value is -0.830. The predicted octanol–water partition coefficient (Wildman–Crippen LogP) is 1.52. The number of hydrogen-bond donors (Lipinski definition) is 1. The second kappa shape index (κ2) is 4.42. The van der Waals surface area contributed by atoms with E-state index in [1.165, 1.54) is 0 Å². The molecule has 1 heterocycles. The van der Waals surface area contributed by atoms with Gasteiger partial charge in [0.1, 0.15) is 0 Å². The predicted molar refractivity (Wildman–Crippen MR) is 54.6 cm³/mol. The van der Waals surface area contributed by atoms with E-state index in [0.29, 0.717) is 0 Å². The summed E-state index contributed by atoms with van der Waals surface area (Å²) < 4.78 is 1.98. The summed E-state index contributed by atoms with van der Waals surface area (Å²) in [7, 11) is 0. The Bertz CT molecular complexity index is 226. The molecule has 0 saturated heterocycles. The van der Waals surface area contributed by atoms with E-state index in [9.17, 15) is 0 Å². The normalized spacial score (nSPS) is 11.9. The fourth-order valence-corrected chi connectivity index (χ4v) is 1.35. The average molecular weight is 181 g/mol. The van der Waals surface area contributed by atoms with Crippen LogP contribution in [0.25, 0.3) is 0 Å². The molecule has 0 atom stereocenters. The van der Waals surface area contributed by atoms with Crippen molar-refractivity contribution in [3.63, 3.8) is 0 Å². The first-order valence-corrected chi connectivity index (χ1v) is 4.82. The largest absolute Gasteiger partial charge is 0.316 e. The topological polar surface area (TPSA) is 29.9 Å². The van der Waals surface area contributed by atoms with Crippen molar-refractivity contribution in [3.05, 3.63) is 18.5 Å². The molecule has 0 unspecified atom stereocenters. The Balaban J connectivity index is 2.42. The smallest absolute Gasteiger partial charge is 0.0489 e. The number of nitrogens with zero attached hydrogens (tertiary/aromatic N) is 2.